The highest BCUT2D eigenvalue weighted by Gasteiger charge is 2.12. The van der Waals surface area contributed by atoms with E-state index in [0.717, 1.165) is 10.9 Å². The van der Waals surface area contributed by atoms with Crippen molar-refractivity contribution < 1.29 is 9.18 Å². The Morgan fingerprint density at radius 2 is 2.00 bits per heavy atom. The van der Waals surface area contributed by atoms with Crippen LogP contribution in [0.3, 0.4) is 0 Å². The lowest BCUT2D eigenvalue weighted by Gasteiger charge is -2.15. The molecule has 0 aliphatic heterocycles. The quantitative estimate of drug-likeness (QED) is 0.801. The molecule has 1 N–H and O–H groups in total. The Labute approximate surface area is 137 Å². The first kappa shape index (κ1) is 15.9. The Balaban J connectivity index is 1.74. The molecule has 6 heteroatoms. The van der Waals surface area contributed by atoms with Crippen molar-refractivity contribution in [2.45, 2.75) is 19.5 Å². The maximum atomic E-state index is 12.9. The van der Waals surface area contributed by atoms with Gasteiger partial charge in [0.15, 0.2) is 0 Å². The Kier molecular flexibility index (Phi) is 4.37. The normalized spacial score (nSPS) is 12.1. The van der Waals surface area contributed by atoms with Crippen LogP contribution in [0.2, 0.25) is 0 Å². The summed E-state index contributed by atoms with van der Waals surface area (Å²) in [5, 5.41) is 3.53. The first-order valence-electron chi connectivity index (χ1n) is 7.53. The summed E-state index contributed by atoms with van der Waals surface area (Å²) in [6.07, 6.45) is 3.12. The average Bonchev–Trinajstić information content (AvgIpc) is 2.58. The van der Waals surface area contributed by atoms with Crippen LogP contribution in [0.25, 0.3) is 10.9 Å². The van der Waals surface area contributed by atoms with Crippen LogP contribution in [0.1, 0.15) is 18.5 Å². The number of hydrogen-bond donors (Lipinski definition) is 1. The Bertz CT molecular complexity index is 935. The van der Waals surface area contributed by atoms with Gasteiger partial charge in [0.05, 0.1) is 6.04 Å². The first-order valence-corrected chi connectivity index (χ1v) is 7.53. The summed E-state index contributed by atoms with van der Waals surface area (Å²) in [7, 11) is 0. The third kappa shape index (κ3) is 3.32. The van der Waals surface area contributed by atoms with Crippen LogP contribution < -0.4 is 10.9 Å². The number of amides is 1. The zero-order valence-electron chi connectivity index (χ0n) is 13.1. The van der Waals surface area contributed by atoms with Gasteiger partial charge in [-0.1, -0.05) is 18.2 Å². The average molecular weight is 325 g/mol. The minimum Gasteiger partial charge on any atom is -0.348 e. The van der Waals surface area contributed by atoms with E-state index in [0.29, 0.717) is 5.52 Å². The fraction of sp³-hybridized carbons (Fsp3) is 0.167. The number of pyridine rings is 2. The summed E-state index contributed by atoms with van der Waals surface area (Å²) in [6.45, 7) is 1.70. The summed E-state index contributed by atoms with van der Waals surface area (Å²) < 4.78 is 14.3. The van der Waals surface area contributed by atoms with Gasteiger partial charge in [0.25, 0.3) is 5.56 Å². The molecule has 3 rings (SSSR count). The fourth-order valence-electron chi connectivity index (χ4n) is 2.51. The van der Waals surface area contributed by atoms with Crippen molar-refractivity contribution >= 4 is 16.8 Å². The molecule has 5 nitrogen and oxygen atoms in total. The fourth-order valence-corrected chi connectivity index (χ4v) is 2.51. The molecular weight excluding hydrogens is 309 g/mol. The molecule has 1 aromatic carbocycles. The molecule has 1 amide bonds. The monoisotopic (exact) mass is 325 g/mol. The maximum absolute atomic E-state index is 12.9. The number of nitrogens with zero attached hydrogens (tertiary/aromatic N) is 2. The molecule has 0 saturated heterocycles. The molecule has 2 aromatic heterocycles. The highest BCUT2D eigenvalue weighted by Crippen LogP contribution is 2.12. The minimum absolute atomic E-state index is 0.100. The molecule has 0 aliphatic rings. The molecule has 0 unspecified atom stereocenters. The van der Waals surface area contributed by atoms with Gasteiger partial charge >= 0.3 is 0 Å². The molecule has 1 atom stereocenters. The second kappa shape index (κ2) is 6.62. The predicted octanol–water partition coefficient (Wildman–Crippen LogP) is 2.41. The number of halogens is 1. The Morgan fingerprint density at radius 3 is 2.75 bits per heavy atom. The smallest absolute Gasteiger partial charge is 0.277 e. The number of fused-ring (bicyclic) bond motifs is 1. The van der Waals surface area contributed by atoms with Crippen LogP contribution in [0.5, 0.6) is 0 Å². The molecule has 0 aliphatic carbocycles. The van der Waals surface area contributed by atoms with Crippen LogP contribution in [-0.4, -0.2) is 15.5 Å². The van der Waals surface area contributed by atoms with E-state index in [2.05, 4.69) is 10.3 Å². The van der Waals surface area contributed by atoms with E-state index >= 15 is 0 Å². The predicted molar refractivity (Wildman–Crippen MR) is 89.0 cm³/mol. The number of nitrogens with one attached hydrogen (secondary N) is 1. The number of carbonyl (C=O) groups excluding carboxylic acids is 1. The van der Waals surface area contributed by atoms with E-state index in [1.165, 1.54) is 16.7 Å². The standard InChI is InChI=1S/C18H16FN3O2/c1-12(13-4-6-15(19)7-5-13)21-16(23)11-22-10-8-14-3-2-9-20-17(14)18(22)24/h2-10,12H,11H2,1H3,(H,21,23)/t12-/m0/s1. The van der Waals surface area contributed by atoms with E-state index in [-0.39, 0.29) is 29.9 Å². The summed E-state index contributed by atoms with van der Waals surface area (Å²) in [5.74, 6) is -0.628. The summed E-state index contributed by atoms with van der Waals surface area (Å²) >= 11 is 0. The van der Waals surface area contributed by atoms with E-state index in [4.69, 9.17) is 0 Å². The van der Waals surface area contributed by atoms with Gasteiger partial charge in [0.1, 0.15) is 17.9 Å². The molecule has 0 radical (unpaired) electrons. The molecule has 3 aromatic rings. The van der Waals surface area contributed by atoms with E-state index in [1.807, 2.05) is 0 Å². The van der Waals surface area contributed by atoms with Gasteiger partial charge in [-0.3, -0.25) is 14.6 Å². The number of aromatic nitrogens is 2. The second-order valence-corrected chi connectivity index (χ2v) is 5.53. The third-order valence-electron chi connectivity index (χ3n) is 3.80. The lowest BCUT2D eigenvalue weighted by atomic mass is 10.1. The van der Waals surface area contributed by atoms with Crippen LogP contribution in [0.15, 0.2) is 59.7 Å². The largest absolute Gasteiger partial charge is 0.348 e. The van der Waals surface area contributed by atoms with Crippen molar-refractivity contribution in [3.05, 3.63) is 76.6 Å². The van der Waals surface area contributed by atoms with Gasteiger partial charge in [0, 0.05) is 17.8 Å². The summed E-state index contributed by atoms with van der Waals surface area (Å²) in [6, 6.07) is 10.9. The van der Waals surface area contributed by atoms with Crippen LogP contribution in [-0.2, 0) is 11.3 Å². The van der Waals surface area contributed by atoms with E-state index in [1.54, 1.807) is 49.6 Å². The van der Waals surface area contributed by atoms with Crippen LogP contribution >= 0.6 is 0 Å². The molecule has 24 heavy (non-hydrogen) atoms. The molecule has 0 fully saturated rings. The van der Waals surface area contributed by atoms with Gasteiger partial charge in [0.2, 0.25) is 5.91 Å². The van der Waals surface area contributed by atoms with Crippen molar-refractivity contribution in [2.24, 2.45) is 0 Å². The summed E-state index contributed by atoms with van der Waals surface area (Å²) in [5.41, 5.74) is 0.814. The Hall–Kier alpha value is -3.02. The Morgan fingerprint density at radius 1 is 1.25 bits per heavy atom. The number of carbonyl (C=O) groups is 1. The van der Waals surface area contributed by atoms with Gasteiger partial charge in [-0.15, -0.1) is 0 Å². The molecular formula is C18H16FN3O2. The lowest BCUT2D eigenvalue weighted by Crippen LogP contribution is -2.33. The van der Waals surface area contributed by atoms with Crippen LogP contribution in [0.4, 0.5) is 4.39 Å². The van der Waals surface area contributed by atoms with E-state index < -0.39 is 0 Å². The van der Waals surface area contributed by atoms with Crippen molar-refractivity contribution in [1.82, 2.24) is 14.9 Å². The minimum atomic E-state index is -0.326. The summed E-state index contributed by atoms with van der Waals surface area (Å²) in [4.78, 5) is 28.6. The molecule has 0 bridgehead atoms. The molecule has 0 spiro atoms. The molecule has 2 heterocycles. The number of rotatable bonds is 4. The number of benzene rings is 1. The van der Waals surface area contributed by atoms with Gasteiger partial charge in [-0.05, 0) is 36.8 Å². The van der Waals surface area contributed by atoms with Gasteiger partial charge in [-0.25, -0.2) is 4.39 Å². The number of hydrogen-bond acceptors (Lipinski definition) is 3. The first-order chi connectivity index (χ1) is 11.5. The zero-order chi connectivity index (χ0) is 17.1. The van der Waals surface area contributed by atoms with Gasteiger partial charge in [-0.2, -0.15) is 0 Å². The van der Waals surface area contributed by atoms with Crippen molar-refractivity contribution in [3.63, 3.8) is 0 Å². The SMILES string of the molecule is C[C@H](NC(=O)Cn1ccc2cccnc2c1=O)c1ccc(F)cc1. The van der Waals surface area contributed by atoms with Crippen LogP contribution in [0, 0.1) is 5.82 Å². The topological polar surface area (TPSA) is 64.0 Å². The van der Waals surface area contributed by atoms with Crippen molar-refractivity contribution in [2.75, 3.05) is 0 Å². The highest BCUT2D eigenvalue weighted by atomic mass is 19.1. The third-order valence-corrected chi connectivity index (χ3v) is 3.80. The maximum Gasteiger partial charge on any atom is 0.277 e. The van der Waals surface area contributed by atoms with Crippen molar-refractivity contribution in [1.29, 1.82) is 0 Å². The van der Waals surface area contributed by atoms with Crippen molar-refractivity contribution in [3.8, 4) is 0 Å². The zero-order valence-corrected chi connectivity index (χ0v) is 13.1. The highest BCUT2D eigenvalue weighted by molar-refractivity contribution is 5.79. The van der Waals surface area contributed by atoms with E-state index in [9.17, 15) is 14.0 Å². The molecule has 0 saturated carbocycles. The lowest BCUT2D eigenvalue weighted by molar-refractivity contribution is -0.122. The second-order valence-electron chi connectivity index (χ2n) is 5.53. The van der Waals surface area contributed by atoms with Gasteiger partial charge < -0.3 is 9.88 Å². The molecule has 122 valence electrons.